The van der Waals surface area contributed by atoms with Gasteiger partial charge in [0.2, 0.25) is 5.91 Å². The van der Waals surface area contributed by atoms with Crippen molar-refractivity contribution in [3.8, 4) is 5.75 Å². The van der Waals surface area contributed by atoms with Gasteiger partial charge < -0.3 is 20.3 Å². The van der Waals surface area contributed by atoms with Crippen molar-refractivity contribution in [3.63, 3.8) is 0 Å². The molecular formula is C21H19FN4O4S. The first-order valence-electron chi connectivity index (χ1n) is 9.58. The number of nitrogens with zero attached hydrogens (tertiary/aromatic N) is 2. The van der Waals surface area contributed by atoms with Crippen LogP contribution in [0.1, 0.15) is 33.4 Å². The first-order valence-corrected chi connectivity index (χ1v) is 11.0. The molecule has 10 heteroatoms. The SMILES string of the molecule is O=C1CC(c2nc(C(=O)NCc3ccc(F)cc3)c(O)c3ncccc23)[S+]([O-])CCN1. The molecule has 0 saturated carbocycles. The fourth-order valence-electron chi connectivity index (χ4n) is 3.41. The molecule has 1 aliphatic rings. The Morgan fingerprint density at radius 2 is 2.10 bits per heavy atom. The van der Waals surface area contributed by atoms with Crippen LogP contribution in [0.5, 0.6) is 5.75 Å². The van der Waals surface area contributed by atoms with Gasteiger partial charge in [0.1, 0.15) is 22.8 Å². The minimum Gasteiger partial charge on any atom is -0.616 e. The predicted molar refractivity (Wildman–Crippen MR) is 112 cm³/mol. The van der Waals surface area contributed by atoms with Crippen LogP contribution < -0.4 is 10.6 Å². The molecule has 31 heavy (non-hydrogen) atoms. The number of aromatic hydroxyl groups is 1. The molecule has 4 rings (SSSR count). The van der Waals surface area contributed by atoms with Gasteiger partial charge in [-0.25, -0.2) is 9.37 Å². The third-order valence-electron chi connectivity index (χ3n) is 4.96. The lowest BCUT2D eigenvalue weighted by atomic mass is 10.1. The van der Waals surface area contributed by atoms with Crippen LogP contribution in [-0.2, 0) is 22.5 Å². The molecule has 3 aromatic rings. The van der Waals surface area contributed by atoms with Crippen molar-refractivity contribution in [1.82, 2.24) is 20.6 Å². The second kappa shape index (κ2) is 8.86. The third-order valence-corrected chi connectivity index (χ3v) is 6.60. The lowest BCUT2D eigenvalue weighted by molar-refractivity contribution is -0.120. The van der Waals surface area contributed by atoms with Gasteiger partial charge in [-0.2, -0.15) is 0 Å². The molecule has 3 N–H and O–H groups in total. The molecule has 1 aromatic carbocycles. The average molecular weight is 442 g/mol. The number of hydrogen-bond donors (Lipinski definition) is 3. The highest BCUT2D eigenvalue weighted by Crippen LogP contribution is 2.36. The molecule has 0 spiro atoms. The molecule has 160 valence electrons. The van der Waals surface area contributed by atoms with Crippen molar-refractivity contribution >= 4 is 33.9 Å². The molecule has 2 unspecified atom stereocenters. The number of benzene rings is 1. The van der Waals surface area contributed by atoms with Crippen molar-refractivity contribution in [2.24, 2.45) is 0 Å². The zero-order valence-electron chi connectivity index (χ0n) is 16.3. The first-order chi connectivity index (χ1) is 14.9. The summed E-state index contributed by atoms with van der Waals surface area (Å²) in [6, 6.07) is 8.92. The largest absolute Gasteiger partial charge is 0.616 e. The second-order valence-electron chi connectivity index (χ2n) is 7.03. The summed E-state index contributed by atoms with van der Waals surface area (Å²) >= 11 is -1.41. The number of hydrogen-bond acceptors (Lipinski definition) is 6. The Balaban J connectivity index is 1.71. The number of pyridine rings is 2. The van der Waals surface area contributed by atoms with Gasteiger partial charge in [-0.05, 0) is 41.0 Å². The van der Waals surface area contributed by atoms with E-state index >= 15 is 0 Å². The molecule has 2 aromatic heterocycles. The van der Waals surface area contributed by atoms with Crippen molar-refractivity contribution in [2.45, 2.75) is 18.2 Å². The maximum absolute atomic E-state index is 13.1. The van der Waals surface area contributed by atoms with Gasteiger partial charge in [-0.3, -0.25) is 14.6 Å². The van der Waals surface area contributed by atoms with Crippen LogP contribution >= 0.6 is 0 Å². The van der Waals surface area contributed by atoms with E-state index in [0.29, 0.717) is 17.5 Å². The van der Waals surface area contributed by atoms with Crippen LogP contribution in [0.15, 0.2) is 42.6 Å². The number of amides is 2. The van der Waals surface area contributed by atoms with E-state index in [4.69, 9.17) is 0 Å². The van der Waals surface area contributed by atoms with Gasteiger partial charge in [0.25, 0.3) is 5.91 Å². The van der Waals surface area contributed by atoms with Crippen LogP contribution in [0.25, 0.3) is 10.9 Å². The summed E-state index contributed by atoms with van der Waals surface area (Å²) in [6.07, 6.45) is 1.41. The van der Waals surface area contributed by atoms with Gasteiger partial charge in [0.15, 0.2) is 16.7 Å². The molecule has 0 radical (unpaired) electrons. The topological polar surface area (TPSA) is 127 Å². The zero-order valence-corrected chi connectivity index (χ0v) is 17.1. The van der Waals surface area contributed by atoms with E-state index in [-0.39, 0.29) is 47.3 Å². The highest BCUT2D eigenvalue weighted by molar-refractivity contribution is 7.91. The third kappa shape index (κ3) is 4.44. The highest BCUT2D eigenvalue weighted by Gasteiger charge is 2.34. The molecule has 2 amide bonds. The lowest BCUT2D eigenvalue weighted by Crippen LogP contribution is -2.26. The molecule has 1 aliphatic heterocycles. The minimum atomic E-state index is -1.41. The van der Waals surface area contributed by atoms with E-state index in [0.717, 1.165) is 0 Å². The molecule has 8 nitrogen and oxygen atoms in total. The monoisotopic (exact) mass is 442 g/mol. The Bertz CT molecular complexity index is 1140. The van der Waals surface area contributed by atoms with Crippen molar-refractivity contribution in [2.75, 3.05) is 12.3 Å². The summed E-state index contributed by atoms with van der Waals surface area (Å²) in [5.74, 6) is -1.46. The first kappa shape index (κ1) is 21.0. The van der Waals surface area contributed by atoms with Crippen LogP contribution in [0, 0.1) is 5.82 Å². The Morgan fingerprint density at radius 3 is 2.87 bits per heavy atom. The van der Waals surface area contributed by atoms with Crippen LogP contribution in [0.4, 0.5) is 4.39 Å². The highest BCUT2D eigenvalue weighted by atomic mass is 32.2. The van der Waals surface area contributed by atoms with Gasteiger partial charge >= 0.3 is 0 Å². The predicted octanol–water partition coefficient (Wildman–Crippen LogP) is 1.71. The summed E-state index contributed by atoms with van der Waals surface area (Å²) < 4.78 is 25.8. The van der Waals surface area contributed by atoms with E-state index in [2.05, 4.69) is 20.6 Å². The van der Waals surface area contributed by atoms with Crippen LogP contribution in [0.2, 0.25) is 0 Å². The summed E-state index contributed by atoms with van der Waals surface area (Å²) in [4.78, 5) is 33.4. The smallest absolute Gasteiger partial charge is 0.274 e. The number of aromatic nitrogens is 2. The number of carbonyl (C=O) groups excluding carboxylic acids is 2. The van der Waals surface area contributed by atoms with E-state index < -0.39 is 28.1 Å². The standard InChI is InChI=1S/C21H19FN4O4S/c22-13-5-3-12(4-6-13)11-25-21(29)19-20(28)18-14(2-1-7-24-18)17(26-19)15-10-16(27)23-8-9-31(15)30/h1-7,15,28H,8-11H2,(H,23,27)(H,25,29). The van der Waals surface area contributed by atoms with Crippen LogP contribution in [-0.4, -0.2) is 43.7 Å². The maximum Gasteiger partial charge on any atom is 0.274 e. The van der Waals surface area contributed by atoms with Crippen molar-refractivity contribution in [1.29, 1.82) is 0 Å². The summed E-state index contributed by atoms with van der Waals surface area (Å²) in [5, 5.41) is 15.7. The number of nitrogens with one attached hydrogen (secondary N) is 2. The molecule has 3 heterocycles. The van der Waals surface area contributed by atoms with E-state index in [1.54, 1.807) is 12.1 Å². The molecule has 1 saturated heterocycles. The fourth-order valence-corrected chi connectivity index (χ4v) is 4.76. The Labute approximate surface area is 180 Å². The summed E-state index contributed by atoms with van der Waals surface area (Å²) in [5.41, 5.74) is 0.809. The normalized spacial score (nSPS) is 19.0. The number of carbonyl (C=O) groups is 2. The Morgan fingerprint density at radius 1 is 1.32 bits per heavy atom. The number of halogens is 1. The molecule has 0 aliphatic carbocycles. The minimum absolute atomic E-state index is 0.0506. The van der Waals surface area contributed by atoms with E-state index in [1.807, 2.05) is 0 Å². The lowest BCUT2D eigenvalue weighted by Gasteiger charge is -2.20. The van der Waals surface area contributed by atoms with Gasteiger partial charge in [0.05, 0.1) is 13.0 Å². The van der Waals surface area contributed by atoms with Crippen molar-refractivity contribution in [3.05, 3.63) is 65.4 Å². The van der Waals surface area contributed by atoms with Gasteiger partial charge in [-0.15, -0.1) is 0 Å². The average Bonchev–Trinajstić information content (AvgIpc) is 2.94. The zero-order chi connectivity index (χ0) is 22.0. The maximum atomic E-state index is 13.1. The Kier molecular flexibility index (Phi) is 6.01. The number of fused-ring (bicyclic) bond motifs is 1. The molecule has 2 atom stereocenters. The fraction of sp³-hybridized carbons (Fsp3) is 0.238. The molecule has 0 bridgehead atoms. The summed E-state index contributed by atoms with van der Waals surface area (Å²) in [6.45, 7) is 0.384. The van der Waals surface area contributed by atoms with Crippen LogP contribution in [0.3, 0.4) is 0 Å². The van der Waals surface area contributed by atoms with E-state index in [1.165, 1.54) is 30.5 Å². The summed E-state index contributed by atoms with van der Waals surface area (Å²) in [7, 11) is 0. The van der Waals surface area contributed by atoms with Crippen molar-refractivity contribution < 1.29 is 23.6 Å². The van der Waals surface area contributed by atoms with Gasteiger partial charge in [-0.1, -0.05) is 12.1 Å². The second-order valence-corrected chi connectivity index (χ2v) is 8.77. The number of rotatable bonds is 4. The van der Waals surface area contributed by atoms with Gasteiger partial charge in [0, 0.05) is 18.1 Å². The van der Waals surface area contributed by atoms with E-state index in [9.17, 15) is 23.6 Å². The quantitative estimate of drug-likeness (QED) is 0.528. The Hall–Kier alpha value is -3.24. The molecule has 1 fully saturated rings. The molecular weight excluding hydrogens is 423 g/mol.